The normalized spacial score (nSPS) is 12.9. The zero-order chi connectivity index (χ0) is 21.1. The third-order valence-corrected chi connectivity index (χ3v) is 5.42. The summed E-state index contributed by atoms with van der Waals surface area (Å²) in [5.41, 5.74) is 5.30. The summed E-state index contributed by atoms with van der Waals surface area (Å²) < 4.78 is 4.93. The highest BCUT2D eigenvalue weighted by molar-refractivity contribution is 5.97. The molecular formula is C25H20N2O3. The van der Waals surface area contributed by atoms with Gasteiger partial charge in [0.15, 0.2) is 0 Å². The fourth-order valence-corrected chi connectivity index (χ4v) is 3.98. The maximum absolute atomic E-state index is 13.3. The van der Waals surface area contributed by atoms with Crippen LogP contribution in [0.25, 0.3) is 11.1 Å². The molecule has 1 atom stereocenters. The maximum Gasteiger partial charge on any atom is 0.328 e. The molecule has 0 spiro atoms. The lowest BCUT2D eigenvalue weighted by Gasteiger charge is -2.20. The number of nitriles is 1. The number of amides is 1. The first kappa shape index (κ1) is 19.4. The highest BCUT2D eigenvalue weighted by Crippen LogP contribution is 2.44. The lowest BCUT2D eigenvalue weighted by atomic mass is 9.95. The van der Waals surface area contributed by atoms with E-state index < -0.39 is 17.9 Å². The lowest BCUT2D eigenvalue weighted by Crippen LogP contribution is -2.45. The maximum atomic E-state index is 13.3. The fraction of sp³-hybridized carbons (Fsp3) is 0.160. The topological polar surface area (TPSA) is 79.2 Å². The highest BCUT2D eigenvalue weighted by atomic mass is 16.5. The minimum atomic E-state index is -0.824. The zero-order valence-electron chi connectivity index (χ0n) is 16.5. The van der Waals surface area contributed by atoms with Gasteiger partial charge >= 0.3 is 5.97 Å². The average molecular weight is 396 g/mol. The number of ether oxygens (including phenoxy) is 1. The number of methoxy groups -OCH3 is 1. The van der Waals surface area contributed by atoms with Gasteiger partial charge in [0, 0.05) is 6.42 Å². The minimum absolute atomic E-state index is 0.239. The molecule has 3 aromatic carbocycles. The van der Waals surface area contributed by atoms with Crippen molar-refractivity contribution in [2.75, 3.05) is 7.11 Å². The van der Waals surface area contributed by atoms with Gasteiger partial charge in [-0.05, 0) is 39.9 Å². The quantitative estimate of drug-likeness (QED) is 0.669. The van der Waals surface area contributed by atoms with Gasteiger partial charge in [-0.25, -0.2) is 4.79 Å². The first-order valence-electron chi connectivity index (χ1n) is 9.68. The van der Waals surface area contributed by atoms with E-state index in [9.17, 15) is 9.59 Å². The number of nitrogens with one attached hydrogen (secondary N) is 1. The van der Waals surface area contributed by atoms with Crippen molar-refractivity contribution in [3.8, 4) is 17.2 Å². The molecule has 1 aliphatic rings. The summed E-state index contributed by atoms with van der Waals surface area (Å²) in [6, 6.07) is 23.8. The number of nitrogens with zero attached hydrogens (tertiary/aromatic N) is 1. The molecule has 1 aliphatic carbocycles. The molecule has 0 bridgehead atoms. The Morgan fingerprint density at radius 3 is 2.07 bits per heavy atom. The molecule has 3 aromatic rings. The molecular weight excluding hydrogens is 376 g/mol. The van der Waals surface area contributed by atoms with Gasteiger partial charge in [-0.2, -0.15) is 5.26 Å². The Hall–Kier alpha value is -3.91. The summed E-state index contributed by atoms with van der Waals surface area (Å²) in [6.45, 7) is 0. The van der Waals surface area contributed by atoms with Crippen molar-refractivity contribution in [3.05, 3.63) is 95.1 Å². The number of hydrogen-bond acceptors (Lipinski definition) is 4. The summed E-state index contributed by atoms with van der Waals surface area (Å²) in [4.78, 5) is 25.7. The molecule has 148 valence electrons. The van der Waals surface area contributed by atoms with E-state index in [-0.39, 0.29) is 12.3 Å². The monoisotopic (exact) mass is 396 g/mol. The second-order valence-corrected chi connectivity index (χ2v) is 7.20. The molecule has 0 radical (unpaired) electrons. The standard InChI is InChI=1S/C25H20N2O3/c1-30-25(29)22(14-16-10-12-17(15-26)13-11-16)27-24(28)23-20-8-4-2-6-18(20)19-7-3-5-9-21(19)23/h2-13,22-23H,14H2,1H3,(H,27,28)/t22-/m0/s1. The van der Waals surface area contributed by atoms with Crippen molar-refractivity contribution in [1.29, 1.82) is 5.26 Å². The number of hydrogen-bond donors (Lipinski definition) is 1. The summed E-state index contributed by atoms with van der Waals surface area (Å²) in [5.74, 6) is -1.23. The van der Waals surface area contributed by atoms with Crippen molar-refractivity contribution in [2.45, 2.75) is 18.4 Å². The van der Waals surface area contributed by atoms with Crippen LogP contribution in [0.5, 0.6) is 0 Å². The fourth-order valence-electron chi connectivity index (χ4n) is 3.98. The number of rotatable bonds is 5. The van der Waals surface area contributed by atoms with Crippen molar-refractivity contribution < 1.29 is 14.3 Å². The number of esters is 1. The number of benzene rings is 3. The van der Waals surface area contributed by atoms with Crippen LogP contribution in [0.3, 0.4) is 0 Å². The van der Waals surface area contributed by atoms with E-state index in [1.165, 1.54) is 7.11 Å². The predicted octanol–water partition coefficient (Wildman–Crippen LogP) is 3.57. The Morgan fingerprint density at radius 2 is 1.53 bits per heavy atom. The average Bonchev–Trinajstić information content (AvgIpc) is 3.13. The van der Waals surface area contributed by atoms with Gasteiger partial charge in [-0.3, -0.25) is 4.79 Å². The smallest absolute Gasteiger partial charge is 0.328 e. The Labute approximate surface area is 174 Å². The van der Waals surface area contributed by atoms with Crippen LogP contribution >= 0.6 is 0 Å². The summed E-state index contributed by atoms with van der Waals surface area (Å²) >= 11 is 0. The van der Waals surface area contributed by atoms with E-state index in [1.54, 1.807) is 24.3 Å². The van der Waals surface area contributed by atoms with Crippen molar-refractivity contribution in [2.24, 2.45) is 0 Å². The van der Waals surface area contributed by atoms with E-state index in [0.29, 0.717) is 5.56 Å². The third kappa shape index (κ3) is 3.56. The molecule has 0 unspecified atom stereocenters. The van der Waals surface area contributed by atoms with Crippen molar-refractivity contribution in [1.82, 2.24) is 5.32 Å². The van der Waals surface area contributed by atoms with Crippen LogP contribution in [-0.4, -0.2) is 25.0 Å². The van der Waals surface area contributed by atoms with E-state index in [4.69, 9.17) is 10.00 Å². The first-order valence-corrected chi connectivity index (χ1v) is 9.68. The van der Waals surface area contributed by atoms with E-state index in [1.807, 2.05) is 48.5 Å². The molecule has 0 saturated carbocycles. The van der Waals surface area contributed by atoms with Crippen LogP contribution in [0, 0.1) is 11.3 Å². The molecule has 5 nitrogen and oxygen atoms in total. The second kappa shape index (κ2) is 8.22. The summed E-state index contributed by atoms with van der Waals surface area (Å²) in [7, 11) is 1.31. The van der Waals surface area contributed by atoms with Crippen molar-refractivity contribution >= 4 is 11.9 Å². The Kier molecular flexibility index (Phi) is 5.32. The second-order valence-electron chi connectivity index (χ2n) is 7.20. The highest BCUT2D eigenvalue weighted by Gasteiger charge is 2.35. The van der Waals surface area contributed by atoms with Crippen LogP contribution in [0.2, 0.25) is 0 Å². The van der Waals surface area contributed by atoms with Crippen LogP contribution in [-0.2, 0) is 20.7 Å². The van der Waals surface area contributed by atoms with E-state index >= 15 is 0 Å². The van der Waals surface area contributed by atoms with Crippen molar-refractivity contribution in [3.63, 3.8) is 0 Å². The van der Waals surface area contributed by atoms with Gasteiger partial charge in [0.1, 0.15) is 6.04 Å². The van der Waals surface area contributed by atoms with E-state index in [2.05, 4.69) is 11.4 Å². The molecule has 0 saturated heterocycles. The van der Waals surface area contributed by atoms with Gasteiger partial charge < -0.3 is 10.1 Å². The van der Waals surface area contributed by atoms with E-state index in [0.717, 1.165) is 27.8 Å². The molecule has 0 heterocycles. The van der Waals surface area contributed by atoms with Gasteiger partial charge in [0.25, 0.3) is 0 Å². The largest absolute Gasteiger partial charge is 0.467 e. The molecule has 1 N–H and O–H groups in total. The number of carbonyl (C=O) groups is 2. The summed E-state index contributed by atoms with van der Waals surface area (Å²) in [6.07, 6.45) is 0.278. The minimum Gasteiger partial charge on any atom is -0.467 e. The van der Waals surface area contributed by atoms with Gasteiger partial charge in [0.05, 0.1) is 24.7 Å². The first-order chi connectivity index (χ1) is 14.6. The molecule has 0 aromatic heterocycles. The zero-order valence-corrected chi connectivity index (χ0v) is 16.5. The lowest BCUT2D eigenvalue weighted by molar-refractivity contribution is -0.145. The SMILES string of the molecule is COC(=O)[C@H](Cc1ccc(C#N)cc1)NC(=O)C1c2ccccc2-c2ccccc21. The van der Waals surface area contributed by atoms with Gasteiger partial charge in [0.2, 0.25) is 5.91 Å². The molecule has 30 heavy (non-hydrogen) atoms. The molecule has 1 amide bonds. The van der Waals surface area contributed by atoms with Crippen LogP contribution < -0.4 is 5.32 Å². The van der Waals surface area contributed by atoms with Crippen LogP contribution in [0.15, 0.2) is 72.8 Å². The van der Waals surface area contributed by atoms with Gasteiger partial charge in [-0.1, -0.05) is 60.7 Å². The number of carbonyl (C=O) groups excluding carboxylic acids is 2. The summed E-state index contributed by atoms with van der Waals surface area (Å²) in [5, 5.41) is 11.8. The molecule has 0 aliphatic heterocycles. The Bertz CT molecular complexity index is 1100. The molecule has 0 fully saturated rings. The molecule has 4 rings (SSSR count). The van der Waals surface area contributed by atoms with Crippen LogP contribution in [0.4, 0.5) is 0 Å². The third-order valence-electron chi connectivity index (χ3n) is 5.42. The van der Waals surface area contributed by atoms with Gasteiger partial charge in [-0.15, -0.1) is 0 Å². The predicted molar refractivity (Wildman–Crippen MR) is 113 cm³/mol. The number of fused-ring (bicyclic) bond motifs is 3. The van der Waals surface area contributed by atoms with Crippen LogP contribution in [0.1, 0.15) is 28.2 Å². The Morgan fingerprint density at radius 1 is 0.967 bits per heavy atom. The Balaban J connectivity index is 1.61. The molecule has 5 heteroatoms.